The van der Waals surface area contributed by atoms with Crippen LogP contribution in [0.5, 0.6) is 5.75 Å². The van der Waals surface area contributed by atoms with Gasteiger partial charge in [0.1, 0.15) is 11.5 Å². The fourth-order valence-electron chi connectivity index (χ4n) is 4.83. The maximum atomic E-state index is 13.3. The Morgan fingerprint density at radius 1 is 1.09 bits per heavy atom. The minimum absolute atomic E-state index is 0.00848. The van der Waals surface area contributed by atoms with Crippen molar-refractivity contribution in [3.63, 3.8) is 0 Å². The number of ether oxygens (including phenoxy) is 1. The van der Waals surface area contributed by atoms with E-state index in [1.165, 1.54) is 17.5 Å². The highest BCUT2D eigenvalue weighted by Crippen LogP contribution is 2.40. The Bertz CT molecular complexity index is 1120. The molecule has 1 fully saturated rings. The number of Topliss-reactive ketones (excluding diaryl/α,β-unsaturated/α-hetero) is 1. The number of aliphatic hydroxyl groups is 1. The van der Waals surface area contributed by atoms with Crippen molar-refractivity contribution in [1.82, 2.24) is 9.80 Å². The van der Waals surface area contributed by atoms with Gasteiger partial charge < -0.3 is 19.6 Å². The first-order valence-electron chi connectivity index (χ1n) is 12.1. The van der Waals surface area contributed by atoms with Gasteiger partial charge in [-0.25, -0.2) is 0 Å². The monoisotopic (exact) mass is 462 g/mol. The van der Waals surface area contributed by atoms with Crippen LogP contribution < -0.4 is 4.74 Å². The molecule has 1 atom stereocenters. The van der Waals surface area contributed by atoms with Gasteiger partial charge in [-0.15, -0.1) is 0 Å². The first-order chi connectivity index (χ1) is 16.3. The Morgan fingerprint density at radius 2 is 1.82 bits per heavy atom. The number of ketones is 1. The summed E-state index contributed by atoms with van der Waals surface area (Å²) in [5, 5.41) is 11.4. The topological polar surface area (TPSA) is 70.1 Å². The second-order valence-corrected chi connectivity index (χ2v) is 9.73. The lowest BCUT2D eigenvalue weighted by atomic mass is 9.88. The minimum Gasteiger partial charge on any atom is -0.507 e. The molecule has 180 valence electrons. The van der Waals surface area contributed by atoms with E-state index in [0.717, 1.165) is 24.8 Å². The third-order valence-corrected chi connectivity index (χ3v) is 6.50. The highest BCUT2D eigenvalue weighted by atomic mass is 16.5. The predicted octanol–water partition coefficient (Wildman–Crippen LogP) is 4.34. The number of fused-ring (bicyclic) bond motifs is 1. The molecule has 2 aromatic rings. The van der Waals surface area contributed by atoms with E-state index >= 15 is 0 Å². The van der Waals surface area contributed by atoms with Gasteiger partial charge in [0.05, 0.1) is 17.7 Å². The fourth-order valence-corrected chi connectivity index (χ4v) is 4.83. The molecule has 6 nitrogen and oxygen atoms in total. The smallest absolute Gasteiger partial charge is 0.295 e. The van der Waals surface area contributed by atoms with Gasteiger partial charge in [0.25, 0.3) is 11.7 Å². The molecule has 2 aromatic carbocycles. The van der Waals surface area contributed by atoms with Crippen molar-refractivity contribution in [3.8, 4) is 5.75 Å². The Morgan fingerprint density at radius 3 is 2.53 bits per heavy atom. The number of likely N-dealkylation sites (tertiary alicyclic amines) is 1. The predicted molar refractivity (Wildman–Crippen MR) is 133 cm³/mol. The van der Waals surface area contributed by atoms with Crippen LogP contribution >= 0.6 is 0 Å². The number of benzene rings is 2. The molecule has 34 heavy (non-hydrogen) atoms. The maximum Gasteiger partial charge on any atom is 0.295 e. The van der Waals surface area contributed by atoms with E-state index in [-0.39, 0.29) is 17.4 Å². The van der Waals surface area contributed by atoms with Crippen molar-refractivity contribution in [1.29, 1.82) is 0 Å². The number of carbonyl (C=O) groups excluding carboxylic acids is 2. The summed E-state index contributed by atoms with van der Waals surface area (Å²) in [6.07, 6.45) is 4.28. The van der Waals surface area contributed by atoms with E-state index in [1.807, 2.05) is 75.3 Å². The SMILES string of the molecule is CC(C)Oc1cccc(C2/C(=C(/O)c3ccc4c(c3)CCCC4)C(=O)C(=O)N2CCN(C)C)c1. The maximum absolute atomic E-state index is 13.3. The second-order valence-electron chi connectivity index (χ2n) is 9.73. The summed E-state index contributed by atoms with van der Waals surface area (Å²) in [4.78, 5) is 29.9. The lowest BCUT2D eigenvalue weighted by Gasteiger charge is -2.27. The number of rotatable bonds is 7. The highest BCUT2D eigenvalue weighted by Gasteiger charge is 2.46. The number of aliphatic hydroxyl groups excluding tert-OH is 1. The molecule has 0 bridgehead atoms. The average Bonchev–Trinajstić information content (AvgIpc) is 3.06. The third kappa shape index (κ3) is 4.87. The zero-order valence-electron chi connectivity index (χ0n) is 20.5. The third-order valence-electron chi connectivity index (χ3n) is 6.50. The summed E-state index contributed by atoms with van der Waals surface area (Å²) in [5.41, 5.74) is 3.98. The highest BCUT2D eigenvalue weighted by molar-refractivity contribution is 6.46. The van der Waals surface area contributed by atoms with Crippen LogP contribution in [0.15, 0.2) is 48.0 Å². The number of aryl methyl sites for hydroxylation is 2. The van der Waals surface area contributed by atoms with Gasteiger partial charge in [-0.3, -0.25) is 9.59 Å². The van der Waals surface area contributed by atoms with Crippen molar-refractivity contribution in [2.45, 2.75) is 51.7 Å². The standard InChI is InChI=1S/C28H34N2O4/c1-18(2)34-23-11-7-10-21(17-23)25-24(27(32)28(33)30(25)15-14-29(3)4)26(31)22-13-12-19-8-5-6-9-20(19)16-22/h7,10-13,16-18,25,31H,5-6,8-9,14-15H2,1-4H3/b26-24-. The molecule has 1 saturated heterocycles. The molecule has 1 aliphatic carbocycles. The quantitative estimate of drug-likeness (QED) is 0.377. The van der Waals surface area contributed by atoms with Crippen LogP contribution in [0.4, 0.5) is 0 Å². The largest absolute Gasteiger partial charge is 0.507 e. The Hall–Kier alpha value is -3.12. The normalized spacial score (nSPS) is 19.7. The first kappa shape index (κ1) is 24.0. The Labute approximate surface area is 201 Å². The van der Waals surface area contributed by atoms with Crippen molar-refractivity contribution in [3.05, 3.63) is 70.3 Å². The van der Waals surface area contributed by atoms with Crippen molar-refractivity contribution in [2.24, 2.45) is 0 Å². The van der Waals surface area contributed by atoms with E-state index in [1.54, 1.807) is 4.90 Å². The van der Waals surface area contributed by atoms with Crippen LogP contribution in [0.1, 0.15) is 55.0 Å². The van der Waals surface area contributed by atoms with Crippen LogP contribution in [0.25, 0.3) is 5.76 Å². The molecule has 0 aromatic heterocycles. The van der Waals surface area contributed by atoms with E-state index in [9.17, 15) is 14.7 Å². The van der Waals surface area contributed by atoms with E-state index in [2.05, 4.69) is 0 Å². The molecule has 1 amide bonds. The molecule has 0 spiro atoms. The molecule has 0 radical (unpaired) electrons. The molecule has 6 heteroatoms. The van der Waals surface area contributed by atoms with Gasteiger partial charge in [-0.05, 0) is 88.5 Å². The van der Waals surface area contributed by atoms with Gasteiger partial charge >= 0.3 is 0 Å². The summed E-state index contributed by atoms with van der Waals surface area (Å²) in [6, 6.07) is 12.7. The number of amides is 1. The number of nitrogens with zero attached hydrogens (tertiary/aromatic N) is 2. The number of hydrogen-bond acceptors (Lipinski definition) is 5. The lowest BCUT2D eigenvalue weighted by molar-refractivity contribution is -0.140. The molecule has 4 rings (SSSR count). The van der Waals surface area contributed by atoms with Crippen LogP contribution in [-0.4, -0.2) is 59.9 Å². The molecular weight excluding hydrogens is 428 g/mol. The van der Waals surface area contributed by atoms with Crippen LogP contribution in [0.3, 0.4) is 0 Å². The summed E-state index contributed by atoms with van der Waals surface area (Å²) in [5.74, 6) is -0.672. The van der Waals surface area contributed by atoms with Crippen LogP contribution in [0.2, 0.25) is 0 Å². The second kappa shape index (κ2) is 10.0. The Balaban J connectivity index is 1.82. The molecule has 1 unspecified atom stereocenters. The van der Waals surface area contributed by atoms with Gasteiger partial charge in [0.15, 0.2) is 0 Å². The molecular formula is C28H34N2O4. The van der Waals surface area contributed by atoms with Crippen molar-refractivity contribution < 1.29 is 19.4 Å². The van der Waals surface area contributed by atoms with Crippen LogP contribution in [0, 0.1) is 0 Å². The average molecular weight is 463 g/mol. The van der Waals surface area contributed by atoms with E-state index in [4.69, 9.17) is 4.74 Å². The van der Waals surface area contributed by atoms with Crippen molar-refractivity contribution in [2.75, 3.05) is 27.2 Å². The van der Waals surface area contributed by atoms with E-state index < -0.39 is 17.7 Å². The molecule has 2 aliphatic rings. The number of carbonyl (C=O) groups is 2. The van der Waals surface area contributed by atoms with Gasteiger partial charge in [0.2, 0.25) is 0 Å². The van der Waals surface area contributed by atoms with Crippen LogP contribution in [-0.2, 0) is 22.4 Å². The molecule has 1 heterocycles. The summed E-state index contributed by atoms with van der Waals surface area (Å²) in [7, 11) is 3.85. The van der Waals surface area contributed by atoms with Gasteiger partial charge in [0, 0.05) is 18.7 Å². The molecule has 1 N–H and O–H groups in total. The summed E-state index contributed by atoms with van der Waals surface area (Å²) >= 11 is 0. The zero-order chi connectivity index (χ0) is 24.4. The minimum atomic E-state index is -0.674. The number of likely N-dealkylation sites (N-methyl/N-ethyl adjacent to an activating group) is 1. The van der Waals surface area contributed by atoms with E-state index in [0.29, 0.717) is 24.4 Å². The summed E-state index contributed by atoms with van der Waals surface area (Å²) in [6.45, 7) is 4.88. The van der Waals surface area contributed by atoms with Gasteiger partial charge in [-0.2, -0.15) is 0 Å². The first-order valence-corrected chi connectivity index (χ1v) is 12.1. The Kier molecular flexibility index (Phi) is 7.08. The van der Waals surface area contributed by atoms with Crippen molar-refractivity contribution >= 4 is 17.4 Å². The zero-order valence-corrected chi connectivity index (χ0v) is 20.5. The molecule has 0 saturated carbocycles. The summed E-state index contributed by atoms with van der Waals surface area (Å²) < 4.78 is 5.87. The van der Waals surface area contributed by atoms with Gasteiger partial charge in [-0.1, -0.05) is 24.3 Å². The molecule has 1 aliphatic heterocycles. The fraction of sp³-hybridized carbons (Fsp3) is 0.429. The lowest BCUT2D eigenvalue weighted by Crippen LogP contribution is -2.35. The number of hydrogen-bond donors (Lipinski definition) is 1.